The molecule has 17 heavy (non-hydrogen) atoms. The lowest BCUT2D eigenvalue weighted by molar-refractivity contribution is -0.385. The summed E-state index contributed by atoms with van der Waals surface area (Å²) in [5, 5.41) is 10.8. The van der Waals surface area contributed by atoms with Crippen molar-refractivity contribution in [1.29, 1.82) is 0 Å². The van der Waals surface area contributed by atoms with Crippen molar-refractivity contribution in [3.63, 3.8) is 0 Å². The minimum Gasteiger partial charge on any atom is -0.258 e. The second-order valence-corrected chi connectivity index (χ2v) is 3.86. The number of nitro groups is 1. The molecule has 2 rings (SSSR count). The van der Waals surface area contributed by atoms with Crippen molar-refractivity contribution in [3.8, 4) is 0 Å². The van der Waals surface area contributed by atoms with Gasteiger partial charge in [0.2, 0.25) is 0 Å². The first-order chi connectivity index (χ1) is 8.16. The predicted octanol–water partition coefficient (Wildman–Crippen LogP) is 1.56. The molecule has 0 aliphatic heterocycles. The molecule has 0 saturated carbocycles. The number of aryl methyl sites for hydroxylation is 1. The van der Waals surface area contributed by atoms with Gasteiger partial charge in [0.25, 0.3) is 5.69 Å². The molecule has 0 aromatic heterocycles. The van der Waals surface area contributed by atoms with E-state index in [1.54, 1.807) is 19.1 Å². The lowest BCUT2D eigenvalue weighted by Gasteiger charge is -2.02. The summed E-state index contributed by atoms with van der Waals surface area (Å²) in [6, 6.07) is 15.0. The maximum absolute atomic E-state index is 10.8. The van der Waals surface area contributed by atoms with E-state index in [1.807, 2.05) is 43.7 Å². The third-order valence-corrected chi connectivity index (χ3v) is 2.56. The summed E-state index contributed by atoms with van der Waals surface area (Å²) in [5.74, 6) is 0. The third-order valence-electron chi connectivity index (χ3n) is 2.56. The lowest BCUT2D eigenvalue weighted by atomic mass is 9.64. The zero-order chi connectivity index (χ0) is 12.3. The van der Waals surface area contributed by atoms with Gasteiger partial charge in [-0.15, -0.1) is 0 Å². The highest BCUT2D eigenvalue weighted by molar-refractivity contribution is 6.67. The van der Waals surface area contributed by atoms with Crippen molar-refractivity contribution in [2.45, 2.75) is 6.92 Å². The van der Waals surface area contributed by atoms with Crippen LogP contribution in [0.5, 0.6) is 0 Å². The first-order valence-corrected chi connectivity index (χ1v) is 5.31. The molecular weight excluding hydrogens is 213 g/mol. The quantitative estimate of drug-likeness (QED) is 0.451. The zero-order valence-corrected chi connectivity index (χ0v) is 9.46. The number of nitrogens with zero attached hydrogens (tertiary/aromatic N) is 1. The number of hydrogen-bond donors (Lipinski definition) is 0. The highest BCUT2D eigenvalue weighted by Crippen LogP contribution is 2.14. The van der Waals surface area contributed by atoms with Crippen molar-refractivity contribution in [1.82, 2.24) is 0 Å². The molecular formula is C13H11BNO2. The summed E-state index contributed by atoms with van der Waals surface area (Å²) < 4.78 is 0. The second-order valence-electron chi connectivity index (χ2n) is 3.86. The Balaban J connectivity index is 2.29. The van der Waals surface area contributed by atoms with Crippen LogP contribution in [0.25, 0.3) is 0 Å². The Kier molecular flexibility index (Phi) is 3.23. The van der Waals surface area contributed by atoms with E-state index in [0.29, 0.717) is 5.56 Å². The topological polar surface area (TPSA) is 43.1 Å². The largest absolute Gasteiger partial charge is 0.271 e. The van der Waals surface area contributed by atoms with Gasteiger partial charge in [0.05, 0.1) is 4.92 Å². The molecule has 0 atom stereocenters. The Morgan fingerprint density at radius 1 is 1.06 bits per heavy atom. The normalized spacial score (nSPS) is 9.94. The number of hydrogen-bond acceptors (Lipinski definition) is 2. The second kappa shape index (κ2) is 4.83. The van der Waals surface area contributed by atoms with E-state index in [2.05, 4.69) is 0 Å². The monoisotopic (exact) mass is 224 g/mol. The van der Waals surface area contributed by atoms with E-state index in [-0.39, 0.29) is 10.6 Å². The molecule has 0 spiro atoms. The van der Waals surface area contributed by atoms with Crippen molar-refractivity contribution in [3.05, 3.63) is 64.2 Å². The van der Waals surface area contributed by atoms with Crippen LogP contribution >= 0.6 is 0 Å². The number of benzene rings is 2. The lowest BCUT2D eigenvalue weighted by Crippen LogP contribution is -2.26. The van der Waals surface area contributed by atoms with Crippen molar-refractivity contribution in [2.24, 2.45) is 0 Å². The molecule has 0 unspecified atom stereocenters. The average Bonchev–Trinajstić information content (AvgIpc) is 2.32. The minimum absolute atomic E-state index is 0.162. The van der Waals surface area contributed by atoms with Gasteiger partial charge in [-0.25, -0.2) is 0 Å². The van der Waals surface area contributed by atoms with Crippen LogP contribution in [0.3, 0.4) is 0 Å². The van der Waals surface area contributed by atoms with Gasteiger partial charge >= 0.3 is 0 Å². The summed E-state index contributed by atoms with van der Waals surface area (Å²) in [6.45, 7) is 1.74. The SMILES string of the molecule is Cc1ccc([B]c2ccccc2)cc1[N+](=O)[O-]. The minimum atomic E-state index is -0.350. The fourth-order valence-electron chi connectivity index (χ4n) is 1.65. The smallest absolute Gasteiger partial charge is 0.258 e. The Morgan fingerprint density at radius 2 is 1.76 bits per heavy atom. The Hall–Kier alpha value is -2.10. The maximum Gasteiger partial charge on any atom is 0.271 e. The van der Waals surface area contributed by atoms with Gasteiger partial charge in [-0.05, 0) is 6.92 Å². The van der Waals surface area contributed by atoms with Gasteiger partial charge in [-0.2, -0.15) is 0 Å². The molecule has 0 aliphatic carbocycles. The molecule has 0 saturated heterocycles. The van der Waals surface area contributed by atoms with Gasteiger partial charge in [0.1, 0.15) is 0 Å². The summed E-state index contributed by atoms with van der Waals surface area (Å²) in [4.78, 5) is 10.5. The van der Waals surface area contributed by atoms with Gasteiger partial charge in [0, 0.05) is 11.6 Å². The summed E-state index contributed by atoms with van der Waals surface area (Å²) in [5.41, 5.74) is 2.72. The van der Waals surface area contributed by atoms with Crippen LogP contribution in [0, 0.1) is 17.0 Å². The van der Waals surface area contributed by atoms with Crippen LogP contribution < -0.4 is 10.9 Å². The summed E-state index contributed by atoms with van der Waals surface area (Å²) in [7, 11) is 1.92. The molecule has 2 aromatic rings. The standard InChI is InChI=1S/C13H11BNO2/c1-10-7-8-12(9-13(10)15(16)17)14-11-5-3-2-4-6-11/h2-9H,1H3. The van der Waals surface area contributed by atoms with Crippen LogP contribution in [0.15, 0.2) is 48.5 Å². The molecule has 0 heterocycles. The molecule has 2 aromatic carbocycles. The zero-order valence-electron chi connectivity index (χ0n) is 9.46. The number of rotatable bonds is 3. The Morgan fingerprint density at radius 3 is 2.41 bits per heavy atom. The van der Waals surface area contributed by atoms with Crippen LogP contribution in [-0.4, -0.2) is 12.2 Å². The third kappa shape index (κ3) is 2.72. The average molecular weight is 224 g/mol. The molecule has 83 valence electrons. The molecule has 0 bridgehead atoms. The van der Waals surface area contributed by atoms with E-state index < -0.39 is 0 Å². The first-order valence-electron chi connectivity index (χ1n) is 5.31. The predicted molar refractivity (Wildman–Crippen MR) is 69.3 cm³/mol. The fourth-order valence-corrected chi connectivity index (χ4v) is 1.65. The highest BCUT2D eigenvalue weighted by Gasteiger charge is 2.11. The molecule has 0 N–H and O–H groups in total. The highest BCUT2D eigenvalue weighted by atomic mass is 16.6. The van der Waals surface area contributed by atoms with Crippen LogP contribution in [0.2, 0.25) is 0 Å². The fraction of sp³-hybridized carbons (Fsp3) is 0.0769. The van der Waals surface area contributed by atoms with Crippen LogP contribution in [0.4, 0.5) is 5.69 Å². The Bertz CT molecular complexity index is 540. The first kappa shape index (κ1) is 11.4. The van der Waals surface area contributed by atoms with E-state index in [0.717, 1.165) is 10.9 Å². The molecule has 0 amide bonds. The van der Waals surface area contributed by atoms with Gasteiger partial charge in [-0.3, -0.25) is 10.1 Å². The van der Waals surface area contributed by atoms with Crippen LogP contribution in [0.1, 0.15) is 5.56 Å². The number of nitro benzene ring substituents is 1. The molecule has 4 heteroatoms. The molecule has 0 fully saturated rings. The van der Waals surface area contributed by atoms with Crippen LogP contribution in [-0.2, 0) is 0 Å². The maximum atomic E-state index is 10.8. The van der Waals surface area contributed by atoms with Crippen molar-refractivity contribution in [2.75, 3.05) is 0 Å². The van der Waals surface area contributed by atoms with Gasteiger partial charge in [-0.1, -0.05) is 53.4 Å². The molecule has 3 nitrogen and oxygen atoms in total. The van der Waals surface area contributed by atoms with E-state index in [4.69, 9.17) is 0 Å². The van der Waals surface area contributed by atoms with Crippen molar-refractivity contribution < 1.29 is 4.92 Å². The van der Waals surface area contributed by atoms with Crippen molar-refractivity contribution >= 4 is 23.9 Å². The van der Waals surface area contributed by atoms with Gasteiger partial charge < -0.3 is 0 Å². The van der Waals surface area contributed by atoms with E-state index in [1.165, 1.54) is 0 Å². The van der Waals surface area contributed by atoms with E-state index in [9.17, 15) is 10.1 Å². The van der Waals surface area contributed by atoms with Gasteiger partial charge in [0.15, 0.2) is 7.28 Å². The summed E-state index contributed by atoms with van der Waals surface area (Å²) >= 11 is 0. The van der Waals surface area contributed by atoms with E-state index >= 15 is 0 Å². The molecule has 1 radical (unpaired) electrons. The summed E-state index contributed by atoms with van der Waals surface area (Å²) in [6.07, 6.45) is 0. The Labute approximate surface area is 100 Å². The molecule has 0 aliphatic rings.